The molecule has 4 rings (SSSR count). The zero-order valence-electron chi connectivity index (χ0n) is 13.8. The van der Waals surface area contributed by atoms with Gasteiger partial charge in [0, 0.05) is 6.42 Å². The molecule has 0 saturated heterocycles. The summed E-state index contributed by atoms with van der Waals surface area (Å²) in [5.74, 6) is 0.277. The third-order valence-electron chi connectivity index (χ3n) is 4.68. The zero-order chi connectivity index (χ0) is 17.2. The summed E-state index contributed by atoms with van der Waals surface area (Å²) in [7, 11) is 0. The Bertz CT molecular complexity index is 955. The van der Waals surface area contributed by atoms with Crippen LogP contribution in [0.5, 0.6) is 0 Å². The van der Waals surface area contributed by atoms with Crippen LogP contribution in [0.25, 0.3) is 16.7 Å². The predicted octanol–water partition coefficient (Wildman–Crippen LogP) is 2.23. The van der Waals surface area contributed by atoms with Gasteiger partial charge in [0.05, 0.1) is 11.9 Å². The van der Waals surface area contributed by atoms with Crippen LogP contribution in [0.15, 0.2) is 47.7 Å². The van der Waals surface area contributed by atoms with Crippen molar-refractivity contribution in [3.63, 3.8) is 0 Å². The largest absolute Gasteiger partial charge is 0.283 e. The molecule has 0 radical (unpaired) electrons. The summed E-state index contributed by atoms with van der Waals surface area (Å²) in [5, 5.41) is 4.63. The van der Waals surface area contributed by atoms with Gasteiger partial charge in [0.1, 0.15) is 11.7 Å². The molecule has 0 unspecified atom stereocenters. The van der Waals surface area contributed by atoms with Crippen molar-refractivity contribution in [2.45, 2.75) is 32.1 Å². The maximum Gasteiger partial charge on any atom is 0.283 e. The van der Waals surface area contributed by atoms with E-state index in [1.165, 1.54) is 25.4 Å². The normalized spacial score (nSPS) is 14.9. The highest BCUT2D eigenvalue weighted by Gasteiger charge is 2.19. The Hall–Kier alpha value is -2.96. The molecule has 7 nitrogen and oxygen atoms in total. The van der Waals surface area contributed by atoms with Crippen LogP contribution in [0.1, 0.15) is 32.1 Å². The molecule has 7 heteroatoms. The van der Waals surface area contributed by atoms with E-state index < -0.39 is 0 Å². The quantitative estimate of drug-likeness (QED) is 0.791. The Morgan fingerprint density at radius 1 is 1.20 bits per heavy atom. The lowest BCUT2D eigenvalue weighted by molar-refractivity contribution is -0.118. The van der Waals surface area contributed by atoms with Crippen molar-refractivity contribution in [3.05, 3.63) is 53.2 Å². The Morgan fingerprint density at radius 2 is 1.96 bits per heavy atom. The number of rotatable bonds is 4. The first-order chi connectivity index (χ1) is 12.2. The maximum absolute atomic E-state index is 12.6. The number of hydrogen-bond acceptors (Lipinski definition) is 4. The second kappa shape index (κ2) is 6.51. The lowest BCUT2D eigenvalue weighted by Gasteiger charge is -2.11. The van der Waals surface area contributed by atoms with Crippen molar-refractivity contribution in [2.24, 2.45) is 5.92 Å². The standard InChI is InChI=1S/C18H19N5O2/c24-16(10-13-6-4-5-7-13)21-22-12-19-17-15(18(22)25)11-20-23(17)14-8-2-1-3-9-14/h1-3,8-9,11-13H,4-7,10H2,(H,21,24). The molecular weight excluding hydrogens is 318 g/mol. The summed E-state index contributed by atoms with van der Waals surface area (Å²) in [4.78, 5) is 29.1. The molecule has 3 aromatic rings. The van der Waals surface area contributed by atoms with Crippen molar-refractivity contribution < 1.29 is 4.79 Å². The third-order valence-corrected chi connectivity index (χ3v) is 4.68. The van der Waals surface area contributed by atoms with Crippen LogP contribution >= 0.6 is 0 Å². The van der Waals surface area contributed by atoms with Crippen LogP contribution in [0.4, 0.5) is 0 Å². The van der Waals surface area contributed by atoms with Crippen LogP contribution < -0.4 is 11.0 Å². The van der Waals surface area contributed by atoms with Gasteiger partial charge in [-0.05, 0) is 30.9 Å². The summed E-state index contributed by atoms with van der Waals surface area (Å²) in [5.41, 5.74) is 3.61. The fourth-order valence-electron chi connectivity index (χ4n) is 3.41. The van der Waals surface area contributed by atoms with Gasteiger partial charge in [-0.2, -0.15) is 5.10 Å². The van der Waals surface area contributed by atoms with Gasteiger partial charge >= 0.3 is 0 Å². The second-order valence-electron chi connectivity index (χ2n) is 6.44. The highest BCUT2D eigenvalue weighted by molar-refractivity contribution is 5.84. The van der Waals surface area contributed by atoms with Crippen molar-refractivity contribution >= 4 is 16.9 Å². The highest BCUT2D eigenvalue weighted by Crippen LogP contribution is 2.27. The van der Waals surface area contributed by atoms with E-state index in [0.717, 1.165) is 23.2 Å². The SMILES string of the molecule is O=C(CC1CCCC1)Nn1cnc2c(cnn2-c2ccccc2)c1=O. The molecule has 2 aromatic heterocycles. The number of fused-ring (bicyclic) bond motifs is 1. The van der Waals surface area contributed by atoms with E-state index in [-0.39, 0.29) is 11.5 Å². The molecule has 1 aromatic carbocycles. The Balaban J connectivity index is 1.60. The molecule has 0 spiro atoms. The van der Waals surface area contributed by atoms with Gasteiger partial charge in [-0.15, -0.1) is 0 Å². The third kappa shape index (κ3) is 3.05. The summed E-state index contributed by atoms with van der Waals surface area (Å²) in [6.07, 6.45) is 7.82. The molecule has 1 fully saturated rings. The number of hydrogen-bond donors (Lipinski definition) is 1. The molecule has 0 atom stereocenters. The summed E-state index contributed by atoms with van der Waals surface area (Å²) in [6.45, 7) is 0. The van der Waals surface area contributed by atoms with E-state index in [2.05, 4.69) is 15.5 Å². The summed E-state index contributed by atoms with van der Waals surface area (Å²) >= 11 is 0. The Morgan fingerprint density at radius 3 is 2.72 bits per heavy atom. The molecule has 1 saturated carbocycles. The minimum absolute atomic E-state index is 0.148. The first-order valence-electron chi connectivity index (χ1n) is 8.53. The van der Waals surface area contributed by atoms with Gasteiger partial charge in [-0.3, -0.25) is 15.0 Å². The predicted molar refractivity (Wildman–Crippen MR) is 94.1 cm³/mol. The molecule has 0 aliphatic heterocycles. The van der Waals surface area contributed by atoms with Gasteiger partial charge in [-0.1, -0.05) is 31.0 Å². The maximum atomic E-state index is 12.6. The van der Waals surface area contributed by atoms with Crippen molar-refractivity contribution in [3.8, 4) is 5.69 Å². The van der Waals surface area contributed by atoms with Crippen molar-refractivity contribution in [2.75, 3.05) is 5.43 Å². The molecular formula is C18H19N5O2. The number of carbonyl (C=O) groups excluding carboxylic acids is 1. The van der Waals surface area contributed by atoms with E-state index in [9.17, 15) is 9.59 Å². The smallest absolute Gasteiger partial charge is 0.273 e. The molecule has 1 aliphatic rings. The van der Waals surface area contributed by atoms with Crippen LogP contribution in [0.2, 0.25) is 0 Å². The minimum atomic E-state index is -0.327. The number of nitrogens with one attached hydrogen (secondary N) is 1. The lowest BCUT2D eigenvalue weighted by Crippen LogP contribution is -2.33. The topological polar surface area (TPSA) is 81.8 Å². The first-order valence-corrected chi connectivity index (χ1v) is 8.53. The van der Waals surface area contributed by atoms with Gasteiger partial charge in [0.15, 0.2) is 5.65 Å². The van der Waals surface area contributed by atoms with E-state index >= 15 is 0 Å². The van der Waals surface area contributed by atoms with Crippen LogP contribution in [0.3, 0.4) is 0 Å². The number of aromatic nitrogens is 4. The van der Waals surface area contributed by atoms with Crippen LogP contribution in [-0.4, -0.2) is 25.3 Å². The average molecular weight is 337 g/mol. The van der Waals surface area contributed by atoms with E-state index in [0.29, 0.717) is 23.4 Å². The molecule has 0 bridgehead atoms. The summed E-state index contributed by atoms with van der Waals surface area (Å²) < 4.78 is 2.76. The molecule has 25 heavy (non-hydrogen) atoms. The second-order valence-corrected chi connectivity index (χ2v) is 6.44. The Labute approximate surface area is 144 Å². The highest BCUT2D eigenvalue weighted by atomic mass is 16.2. The first kappa shape index (κ1) is 15.6. The number of para-hydroxylation sites is 1. The van der Waals surface area contributed by atoms with Crippen LogP contribution in [0, 0.1) is 5.92 Å². The van der Waals surface area contributed by atoms with E-state index in [1.807, 2.05) is 30.3 Å². The Kier molecular flexibility index (Phi) is 4.05. The van der Waals surface area contributed by atoms with E-state index in [1.54, 1.807) is 4.68 Å². The van der Waals surface area contributed by atoms with Crippen LogP contribution in [-0.2, 0) is 4.79 Å². The number of amides is 1. The molecule has 128 valence electrons. The average Bonchev–Trinajstić information content (AvgIpc) is 3.28. The minimum Gasteiger partial charge on any atom is -0.273 e. The molecule has 1 N–H and O–H groups in total. The molecule has 1 amide bonds. The summed E-state index contributed by atoms with van der Waals surface area (Å²) in [6, 6.07) is 9.49. The van der Waals surface area contributed by atoms with Crippen molar-refractivity contribution in [1.82, 2.24) is 19.4 Å². The zero-order valence-corrected chi connectivity index (χ0v) is 13.8. The molecule has 2 heterocycles. The number of carbonyl (C=O) groups is 1. The van der Waals surface area contributed by atoms with Crippen molar-refractivity contribution in [1.29, 1.82) is 0 Å². The number of nitrogens with zero attached hydrogens (tertiary/aromatic N) is 4. The van der Waals surface area contributed by atoms with E-state index in [4.69, 9.17) is 0 Å². The fourth-order valence-corrected chi connectivity index (χ4v) is 3.41. The lowest BCUT2D eigenvalue weighted by atomic mass is 10.0. The van der Waals surface area contributed by atoms with Gasteiger partial charge in [0.25, 0.3) is 5.56 Å². The molecule has 1 aliphatic carbocycles. The van der Waals surface area contributed by atoms with Gasteiger partial charge < -0.3 is 0 Å². The van der Waals surface area contributed by atoms with Gasteiger partial charge in [0.2, 0.25) is 5.91 Å². The fraction of sp³-hybridized carbons (Fsp3) is 0.333. The van der Waals surface area contributed by atoms with Gasteiger partial charge in [-0.25, -0.2) is 14.3 Å². The number of benzene rings is 1. The monoisotopic (exact) mass is 337 g/mol.